The summed E-state index contributed by atoms with van der Waals surface area (Å²) >= 11 is 2.07. The lowest BCUT2D eigenvalue weighted by atomic mass is 9.67. The maximum Gasteiger partial charge on any atom is 0.122 e. The summed E-state index contributed by atoms with van der Waals surface area (Å²) in [5, 5.41) is 0. The molecular weight excluding hydrogens is 163 g/mol. The molecule has 2 atom stereocenters. The van der Waals surface area contributed by atoms with Gasteiger partial charge in [0.2, 0.25) is 0 Å². The van der Waals surface area contributed by atoms with Crippen LogP contribution in [0, 0.1) is 11.8 Å². The van der Waals surface area contributed by atoms with Crippen molar-refractivity contribution in [2.75, 3.05) is 6.26 Å². The van der Waals surface area contributed by atoms with Crippen molar-refractivity contribution < 1.29 is 0 Å². The maximum absolute atomic E-state index is 2.44. The van der Waals surface area contributed by atoms with E-state index in [1.165, 1.54) is 25.7 Å². The normalized spacial score (nSPS) is 37.2. The van der Waals surface area contributed by atoms with E-state index in [0.29, 0.717) is 4.65 Å². The highest BCUT2D eigenvalue weighted by Gasteiger charge is 2.32. The van der Waals surface area contributed by atoms with E-state index in [2.05, 4.69) is 39.7 Å². The average Bonchev–Trinajstić information content (AvgIpc) is 2.05. The summed E-state index contributed by atoms with van der Waals surface area (Å²) in [4.78, 5) is 0. The van der Waals surface area contributed by atoms with Crippen LogP contribution in [-0.4, -0.2) is 18.7 Å². The second-order valence-corrected chi connectivity index (χ2v) is 6.15. The number of rotatable bonds is 2. The molecule has 1 aliphatic rings. The minimum absolute atomic E-state index is 0.590. The molecule has 0 saturated heterocycles. The molecule has 0 spiro atoms. The van der Waals surface area contributed by atoms with E-state index in [1.54, 1.807) is 0 Å². The second-order valence-electron chi connectivity index (χ2n) is 4.75. The predicted octanol–water partition coefficient (Wildman–Crippen LogP) is 2.53. The summed E-state index contributed by atoms with van der Waals surface area (Å²) in [6.07, 6.45) is 8.04. The minimum atomic E-state index is 0.590. The van der Waals surface area contributed by atoms with E-state index in [4.69, 9.17) is 0 Å². The van der Waals surface area contributed by atoms with Crippen LogP contribution in [0.25, 0.3) is 0 Å². The second kappa shape index (κ2) is 4.08. The van der Waals surface area contributed by atoms with Crippen LogP contribution in [0.3, 0.4) is 0 Å². The highest BCUT2D eigenvalue weighted by Crippen LogP contribution is 2.41. The van der Waals surface area contributed by atoms with Gasteiger partial charge in [0.05, 0.1) is 0 Å². The molecule has 70 valence electrons. The van der Waals surface area contributed by atoms with Crippen molar-refractivity contribution in [2.24, 2.45) is 11.8 Å². The van der Waals surface area contributed by atoms with E-state index < -0.39 is 0 Å². The predicted molar refractivity (Wildman–Crippen MR) is 61.6 cm³/mol. The number of hydrogen-bond acceptors (Lipinski definition) is 1. The van der Waals surface area contributed by atoms with Crippen LogP contribution in [0.5, 0.6) is 0 Å². The van der Waals surface area contributed by atoms with Gasteiger partial charge < -0.3 is 0 Å². The highest BCUT2D eigenvalue weighted by atomic mass is 32.2. The van der Waals surface area contributed by atoms with Crippen LogP contribution in [0.4, 0.5) is 0 Å². The Morgan fingerprint density at radius 1 is 1.50 bits per heavy atom. The minimum Gasteiger partial charge on any atom is -0.168 e. The lowest BCUT2D eigenvalue weighted by Crippen LogP contribution is -2.34. The van der Waals surface area contributed by atoms with Crippen molar-refractivity contribution in [1.82, 2.24) is 0 Å². The monoisotopic (exact) mass is 184 g/mol. The van der Waals surface area contributed by atoms with Crippen molar-refractivity contribution in [3.8, 4) is 0 Å². The average molecular weight is 184 g/mol. The lowest BCUT2D eigenvalue weighted by Gasteiger charge is -2.38. The summed E-state index contributed by atoms with van der Waals surface area (Å²) < 4.78 is 0.590. The molecule has 1 fully saturated rings. The van der Waals surface area contributed by atoms with Crippen LogP contribution in [0.1, 0.15) is 39.5 Å². The molecular formula is C10H21BS. The molecule has 0 N–H and O–H groups in total. The van der Waals surface area contributed by atoms with Gasteiger partial charge in [-0.15, -0.1) is 0 Å². The van der Waals surface area contributed by atoms with E-state index >= 15 is 0 Å². The van der Waals surface area contributed by atoms with Crippen LogP contribution < -0.4 is 0 Å². The summed E-state index contributed by atoms with van der Waals surface area (Å²) in [6, 6.07) is 0. The van der Waals surface area contributed by atoms with E-state index in [-0.39, 0.29) is 0 Å². The first kappa shape index (κ1) is 10.5. The van der Waals surface area contributed by atoms with Crippen LogP contribution >= 0.6 is 11.8 Å². The lowest BCUT2D eigenvalue weighted by molar-refractivity contribution is 0.271. The fourth-order valence-corrected chi connectivity index (χ4v) is 2.98. The summed E-state index contributed by atoms with van der Waals surface area (Å²) in [7, 11) is 2.44. The van der Waals surface area contributed by atoms with Crippen LogP contribution in [0.15, 0.2) is 0 Å². The third-order valence-electron chi connectivity index (χ3n) is 3.41. The zero-order chi connectivity index (χ0) is 9.19. The summed E-state index contributed by atoms with van der Waals surface area (Å²) in [5.41, 5.74) is 0. The third kappa shape index (κ3) is 2.45. The van der Waals surface area contributed by atoms with Crippen LogP contribution in [-0.2, 0) is 0 Å². The molecule has 0 aromatic heterocycles. The van der Waals surface area contributed by atoms with Gasteiger partial charge in [0, 0.05) is 0 Å². The molecule has 0 aromatic carbocycles. The molecule has 0 radical (unpaired) electrons. The molecule has 1 rings (SSSR count). The Bertz CT molecular complexity index is 147. The number of thioether (sulfide) groups is 1. The van der Waals surface area contributed by atoms with Gasteiger partial charge in [-0.05, 0) is 35.6 Å². The Morgan fingerprint density at radius 3 is 2.67 bits per heavy atom. The largest absolute Gasteiger partial charge is 0.168 e. The molecule has 2 heteroatoms. The van der Waals surface area contributed by atoms with Gasteiger partial charge in [0.15, 0.2) is 0 Å². The third-order valence-corrected chi connectivity index (χ3v) is 4.77. The first-order valence-corrected chi connectivity index (χ1v) is 6.35. The molecule has 1 aliphatic carbocycles. The first-order chi connectivity index (χ1) is 5.57. The van der Waals surface area contributed by atoms with E-state index in [9.17, 15) is 0 Å². The van der Waals surface area contributed by atoms with E-state index in [1.807, 2.05) is 0 Å². The van der Waals surface area contributed by atoms with Gasteiger partial charge in [0.1, 0.15) is 7.85 Å². The number of hydrogen-bond donors (Lipinski definition) is 0. The fourth-order valence-electron chi connectivity index (χ4n) is 2.25. The van der Waals surface area contributed by atoms with Gasteiger partial charge in [-0.3, -0.25) is 0 Å². The summed E-state index contributed by atoms with van der Waals surface area (Å²) in [5.74, 6) is 1.87. The Labute approximate surface area is 82.3 Å². The molecule has 0 aromatic rings. The fraction of sp³-hybridized carbons (Fsp3) is 1.00. The zero-order valence-corrected chi connectivity index (χ0v) is 9.71. The molecule has 0 bridgehead atoms. The first-order valence-electron chi connectivity index (χ1n) is 5.12. The molecule has 2 unspecified atom stereocenters. The topological polar surface area (TPSA) is 0 Å². The molecule has 0 nitrogen and oxygen atoms in total. The Hall–Kier alpha value is 0.415. The van der Waals surface area contributed by atoms with Gasteiger partial charge >= 0.3 is 0 Å². The SMILES string of the molecule is BC1(SC)CCCC(C(C)C)C1. The molecule has 1 saturated carbocycles. The van der Waals surface area contributed by atoms with Crippen molar-refractivity contribution in [3.63, 3.8) is 0 Å². The molecule has 0 amide bonds. The summed E-state index contributed by atoms with van der Waals surface area (Å²) in [6.45, 7) is 4.74. The van der Waals surface area contributed by atoms with Crippen molar-refractivity contribution in [1.29, 1.82) is 0 Å². The zero-order valence-electron chi connectivity index (χ0n) is 8.89. The Morgan fingerprint density at radius 2 is 2.17 bits per heavy atom. The van der Waals surface area contributed by atoms with Gasteiger partial charge in [-0.2, -0.15) is 11.8 Å². The van der Waals surface area contributed by atoms with Crippen molar-refractivity contribution >= 4 is 19.6 Å². The molecule has 0 heterocycles. The quantitative estimate of drug-likeness (QED) is 0.594. The Balaban J connectivity index is 2.51. The van der Waals surface area contributed by atoms with Gasteiger partial charge in [-0.1, -0.05) is 26.7 Å². The maximum atomic E-state index is 2.44. The Kier molecular flexibility index (Phi) is 3.57. The standard InChI is InChI=1S/C10H21BS/c1-8(2)9-5-4-6-10(11,7-9)12-3/h8-9H,4-7,11H2,1-3H3. The smallest absolute Gasteiger partial charge is 0.122 e. The van der Waals surface area contributed by atoms with Crippen molar-refractivity contribution in [2.45, 2.75) is 44.2 Å². The molecule has 0 aliphatic heterocycles. The highest BCUT2D eigenvalue weighted by molar-refractivity contribution is 8.01. The van der Waals surface area contributed by atoms with Gasteiger partial charge in [-0.25, -0.2) is 0 Å². The molecule has 12 heavy (non-hydrogen) atoms. The van der Waals surface area contributed by atoms with E-state index in [0.717, 1.165) is 11.8 Å². The van der Waals surface area contributed by atoms with Crippen LogP contribution in [0.2, 0.25) is 0 Å². The van der Waals surface area contributed by atoms with Gasteiger partial charge in [0.25, 0.3) is 0 Å². The van der Waals surface area contributed by atoms with Crippen molar-refractivity contribution in [3.05, 3.63) is 0 Å².